The largest absolute Gasteiger partial charge is 0.348 e. The molecule has 182 valence electrons. The summed E-state index contributed by atoms with van der Waals surface area (Å²) in [5, 5.41) is 0. The third-order valence-electron chi connectivity index (χ3n) is 6.25. The Labute approximate surface area is 209 Å². The first-order valence-corrected chi connectivity index (χ1v) is 13.6. The van der Waals surface area contributed by atoms with Gasteiger partial charge in [0.15, 0.2) is 0 Å². The Morgan fingerprint density at radius 2 is 1.38 bits per heavy atom. The van der Waals surface area contributed by atoms with Gasteiger partial charge in [-0.25, -0.2) is 4.98 Å². The number of H-pyrrole nitrogens is 1. The molecule has 1 N–H and O–H groups in total. The van der Waals surface area contributed by atoms with Crippen molar-refractivity contribution in [1.82, 2.24) is 9.97 Å². The minimum Gasteiger partial charge on any atom is -0.348 e. The summed E-state index contributed by atoms with van der Waals surface area (Å²) >= 11 is 0. The van der Waals surface area contributed by atoms with E-state index in [1.165, 1.54) is 80.2 Å². The van der Waals surface area contributed by atoms with Crippen LogP contribution in [0.4, 0.5) is 0 Å². The summed E-state index contributed by atoms with van der Waals surface area (Å²) < 4.78 is 0. The molecule has 3 aromatic rings. The Morgan fingerprint density at radius 3 is 1.94 bits per heavy atom. The van der Waals surface area contributed by atoms with E-state index in [4.69, 9.17) is 0 Å². The third-order valence-corrected chi connectivity index (χ3v) is 6.25. The molecule has 0 radical (unpaired) electrons. The lowest BCUT2D eigenvalue weighted by molar-refractivity contribution is 0.683. The molecule has 0 spiro atoms. The fourth-order valence-electron chi connectivity index (χ4n) is 4.23. The highest BCUT2D eigenvalue weighted by molar-refractivity contribution is 6.08. The van der Waals surface area contributed by atoms with Crippen molar-refractivity contribution in [1.29, 1.82) is 0 Å². The number of imidazole rings is 1. The fourth-order valence-corrected chi connectivity index (χ4v) is 4.23. The lowest BCUT2D eigenvalue weighted by Crippen LogP contribution is -1.99. The molecule has 34 heavy (non-hydrogen) atoms. The standard InChI is InChI=1S/C18H21B.C13H24N2/c19-15-9-3-8-14-18(16-10-4-1-5-11-16)17-12-6-2-7-13-17;1-3-5-7-9-12-13(15-11-14-12)10-8-6-4-2/h1-8,10-13,18H,9,14-15,19H2;11H,3-10H2,1-2H3,(H,14,15). The maximum Gasteiger partial charge on any atom is 0.101 e. The Balaban J connectivity index is 0.000000248. The molecule has 3 rings (SSSR count). The summed E-state index contributed by atoms with van der Waals surface area (Å²) in [6.07, 6.45) is 20.1. The molecule has 0 aliphatic heterocycles. The first-order valence-electron chi connectivity index (χ1n) is 13.6. The maximum absolute atomic E-state index is 4.41. The molecule has 1 aromatic heterocycles. The summed E-state index contributed by atoms with van der Waals surface area (Å²) in [4.78, 5) is 7.69. The van der Waals surface area contributed by atoms with Crippen LogP contribution < -0.4 is 0 Å². The number of benzene rings is 2. The SMILES string of the molecule is BCCC=CCC(c1ccccc1)c1ccccc1.CCCCCc1nc[nH]c1CCCCC. The minimum absolute atomic E-state index is 0.468. The van der Waals surface area contributed by atoms with Gasteiger partial charge in [0.1, 0.15) is 7.85 Å². The van der Waals surface area contributed by atoms with E-state index in [2.05, 4.69) is 104 Å². The number of aromatic amines is 1. The molecule has 0 aliphatic carbocycles. The zero-order chi connectivity index (χ0) is 24.3. The van der Waals surface area contributed by atoms with Gasteiger partial charge in [-0.1, -0.05) is 119 Å². The van der Waals surface area contributed by atoms with Crippen LogP contribution in [0.2, 0.25) is 6.32 Å². The summed E-state index contributed by atoms with van der Waals surface area (Å²) in [5.41, 5.74) is 5.48. The van der Waals surface area contributed by atoms with Gasteiger partial charge in [-0.05, 0) is 49.7 Å². The van der Waals surface area contributed by atoms with Crippen LogP contribution in [0.1, 0.15) is 93.6 Å². The van der Waals surface area contributed by atoms with E-state index in [9.17, 15) is 0 Å². The molecule has 0 aliphatic rings. The van der Waals surface area contributed by atoms with Crippen molar-refractivity contribution in [3.63, 3.8) is 0 Å². The molecule has 2 nitrogen and oxygen atoms in total. The van der Waals surface area contributed by atoms with Crippen LogP contribution in [0.3, 0.4) is 0 Å². The van der Waals surface area contributed by atoms with Gasteiger partial charge >= 0.3 is 0 Å². The van der Waals surface area contributed by atoms with E-state index >= 15 is 0 Å². The topological polar surface area (TPSA) is 28.7 Å². The van der Waals surface area contributed by atoms with Crippen molar-refractivity contribution in [2.45, 2.75) is 90.3 Å². The lowest BCUT2D eigenvalue weighted by Gasteiger charge is -2.16. The monoisotopic (exact) mass is 456 g/mol. The Morgan fingerprint density at radius 1 is 0.794 bits per heavy atom. The number of aromatic nitrogens is 2. The van der Waals surface area contributed by atoms with Gasteiger partial charge in [0.2, 0.25) is 0 Å². The van der Waals surface area contributed by atoms with E-state index in [0.717, 1.165) is 12.8 Å². The molecule has 0 amide bonds. The molecule has 0 saturated heterocycles. The van der Waals surface area contributed by atoms with Crippen molar-refractivity contribution in [2.24, 2.45) is 0 Å². The molecule has 0 unspecified atom stereocenters. The van der Waals surface area contributed by atoms with E-state index in [1.807, 2.05) is 6.33 Å². The Kier molecular flexibility index (Phi) is 14.6. The number of hydrogen-bond acceptors (Lipinski definition) is 1. The molecule has 0 atom stereocenters. The van der Waals surface area contributed by atoms with Gasteiger partial charge in [0.05, 0.1) is 12.0 Å². The fraction of sp³-hybridized carbons (Fsp3) is 0.452. The third kappa shape index (κ3) is 10.6. The van der Waals surface area contributed by atoms with Crippen molar-refractivity contribution in [3.8, 4) is 0 Å². The Bertz CT molecular complexity index is 822. The van der Waals surface area contributed by atoms with Crippen molar-refractivity contribution in [2.75, 3.05) is 0 Å². The summed E-state index contributed by atoms with van der Waals surface area (Å²) in [6, 6.07) is 21.6. The molecule has 0 bridgehead atoms. The number of rotatable bonds is 14. The number of unbranched alkanes of at least 4 members (excludes halogenated alkanes) is 4. The summed E-state index contributed by atoms with van der Waals surface area (Å²) in [5.74, 6) is 0.468. The highest BCUT2D eigenvalue weighted by Gasteiger charge is 2.11. The molecule has 2 aromatic carbocycles. The molecule has 1 heterocycles. The molecular formula is C31H45BN2. The van der Waals surface area contributed by atoms with E-state index in [1.54, 1.807) is 0 Å². The maximum atomic E-state index is 4.41. The van der Waals surface area contributed by atoms with Crippen LogP contribution in [0.15, 0.2) is 79.1 Å². The minimum atomic E-state index is 0.468. The second-order valence-electron chi connectivity index (χ2n) is 9.11. The van der Waals surface area contributed by atoms with Gasteiger partial charge < -0.3 is 4.98 Å². The highest BCUT2D eigenvalue weighted by atomic mass is 14.9. The van der Waals surface area contributed by atoms with Crippen LogP contribution in [-0.2, 0) is 12.8 Å². The smallest absolute Gasteiger partial charge is 0.101 e. The average molecular weight is 457 g/mol. The Hall–Kier alpha value is -2.55. The second kappa shape index (κ2) is 17.9. The van der Waals surface area contributed by atoms with Crippen molar-refractivity contribution >= 4 is 7.85 Å². The molecule has 3 heteroatoms. The van der Waals surface area contributed by atoms with Crippen LogP contribution >= 0.6 is 0 Å². The quantitative estimate of drug-likeness (QED) is 0.148. The zero-order valence-corrected chi connectivity index (χ0v) is 21.8. The first-order chi connectivity index (χ1) is 16.8. The molecule has 0 fully saturated rings. The van der Waals surface area contributed by atoms with Gasteiger partial charge in [0, 0.05) is 11.6 Å². The van der Waals surface area contributed by atoms with Crippen LogP contribution in [0, 0.1) is 0 Å². The van der Waals surface area contributed by atoms with E-state index < -0.39 is 0 Å². The van der Waals surface area contributed by atoms with Crippen molar-refractivity contribution < 1.29 is 0 Å². The number of nitrogens with zero attached hydrogens (tertiary/aromatic N) is 1. The lowest BCUT2D eigenvalue weighted by atomic mass is 9.88. The normalized spacial score (nSPS) is 11.0. The predicted molar refractivity (Wildman–Crippen MR) is 151 cm³/mol. The van der Waals surface area contributed by atoms with Crippen molar-refractivity contribution in [3.05, 3.63) is 102 Å². The highest BCUT2D eigenvalue weighted by Crippen LogP contribution is 2.28. The van der Waals surface area contributed by atoms with E-state index in [0.29, 0.717) is 5.92 Å². The zero-order valence-electron chi connectivity index (χ0n) is 21.8. The van der Waals surface area contributed by atoms with Crippen LogP contribution in [0.25, 0.3) is 0 Å². The van der Waals surface area contributed by atoms with Gasteiger partial charge in [-0.15, -0.1) is 0 Å². The summed E-state index contributed by atoms with van der Waals surface area (Å²) in [6.45, 7) is 4.49. The summed E-state index contributed by atoms with van der Waals surface area (Å²) in [7, 11) is 2.22. The molecular weight excluding hydrogens is 411 g/mol. The number of nitrogens with one attached hydrogen (secondary N) is 1. The van der Waals surface area contributed by atoms with Crippen LogP contribution in [-0.4, -0.2) is 17.8 Å². The predicted octanol–water partition coefficient (Wildman–Crippen LogP) is 8.08. The number of aryl methyl sites for hydroxylation is 2. The number of allylic oxidation sites excluding steroid dienone is 2. The van der Waals surface area contributed by atoms with Crippen LogP contribution in [0.5, 0.6) is 0 Å². The van der Waals surface area contributed by atoms with Gasteiger partial charge in [-0.3, -0.25) is 0 Å². The number of hydrogen-bond donors (Lipinski definition) is 1. The average Bonchev–Trinajstić information content (AvgIpc) is 3.33. The van der Waals surface area contributed by atoms with Gasteiger partial charge in [0.25, 0.3) is 0 Å². The van der Waals surface area contributed by atoms with Gasteiger partial charge in [-0.2, -0.15) is 0 Å². The second-order valence-corrected chi connectivity index (χ2v) is 9.11. The molecule has 0 saturated carbocycles. The first kappa shape index (κ1) is 27.7. The van der Waals surface area contributed by atoms with E-state index in [-0.39, 0.29) is 0 Å².